The summed E-state index contributed by atoms with van der Waals surface area (Å²) in [6.45, 7) is 1.40. The van der Waals surface area contributed by atoms with E-state index < -0.39 is 28.3 Å². The van der Waals surface area contributed by atoms with Crippen molar-refractivity contribution in [1.29, 1.82) is 0 Å². The van der Waals surface area contributed by atoms with E-state index in [1.165, 1.54) is 24.3 Å². The third-order valence-electron chi connectivity index (χ3n) is 5.07. The second-order valence-electron chi connectivity index (χ2n) is 7.22. The Hall–Kier alpha value is -3.10. The largest absolute Gasteiger partial charge is 0.497 e. The fourth-order valence-corrected chi connectivity index (χ4v) is 4.91. The van der Waals surface area contributed by atoms with Crippen LogP contribution in [0.25, 0.3) is 0 Å². The number of halogens is 2. The molecule has 1 atom stereocenters. The van der Waals surface area contributed by atoms with E-state index in [0.717, 1.165) is 15.9 Å². The van der Waals surface area contributed by atoms with Crippen LogP contribution in [0.4, 0.5) is 10.1 Å². The van der Waals surface area contributed by atoms with Crippen molar-refractivity contribution < 1.29 is 22.3 Å². The van der Waals surface area contributed by atoms with Gasteiger partial charge in [-0.3, -0.25) is 9.10 Å². The molecule has 3 aromatic carbocycles. The number of sulfonamides is 1. The fourth-order valence-electron chi connectivity index (χ4n) is 3.30. The van der Waals surface area contributed by atoms with Gasteiger partial charge >= 0.3 is 0 Å². The van der Waals surface area contributed by atoms with Gasteiger partial charge in [0.1, 0.15) is 18.1 Å². The first-order chi connectivity index (χ1) is 15.8. The lowest BCUT2D eigenvalue weighted by atomic mass is 10.0. The standard InChI is InChI=1S/C24H24ClFN2O4S/c1-3-23(17-9-12-19(32-2)13-10-17)27-24(29)16-28(18-11-14-22(26)21(25)15-18)33(30,31)20-7-5-4-6-8-20/h4-15,23H,3,16H2,1-2H3,(H,27,29)/t23-/m0/s1. The van der Waals surface area contributed by atoms with Crippen molar-refractivity contribution in [2.45, 2.75) is 24.3 Å². The average Bonchev–Trinajstić information content (AvgIpc) is 2.83. The third kappa shape index (κ3) is 5.83. The molecule has 0 saturated carbocycles. The molecule has 33 heavy (non-hydrogen) atoms. The van der Waals surface area contributed by atoms with Crippen LogP contribution in [-0.2, 0) is 14.8 Å². The Labute approximate surface area is 198 Å². The van der Waals surface area contributed by atoms with E-state index in [-0.39, 0.29) is 21.6 Å². The zero-order valence-electron chi connectivity index (χ0n) is 18.2. The van der Waals surface area contributed by atoms with E-state index in [2.05, 4.69) is 5.32 Å². The predicted octanol–water partition coefficient (Wildman–Crippen LogP) is 4.95. The number of benzene rings is 3. The molecule has 6 nitrogen and oxygen atoms in total. The van der Waals surface area contributed by atoms with Gasteiger partial charge in [-0.2, -0.15) is 0 Å². The van der Waals surface area contributed by atoms with Gasteiger partial charge in [-0.05, 0) is 54.4 Å². The highest BCUT2D eigenvalue weighted by Gasteiger charge is 2.28. The van der Waals surface area contributed by atoms with E-state index in [1.54, 1.807) is 37.4 Å². The Kier molecular flexibility index (Phi) is 7.94. The monoisotopic (exact) mass is 490 g/mol. The van der Waals surface area contributed by atoms with Gasteiger partial charge in [0, 0.05) is 0 Å². The molecule has 0 unspecified atom stereocenters. The smallest absolute Gasteiger partial charge is 0.264 e. The van der Waals surface area contributed by atoms with E-state index in [9.17, 15) is 17.6 Å². The lowest BCUT2D eigenvalue weighted by molar-refractivity contribution is -0.120. The maximum Gasteiger partial charge on any atom is 0.264 e. The summed E-state index contributed by atoms with van der Waals surface area (Å²) >= 11 is 5.89. The SMILES string of the molecule is CC[C@H](NC(=O)CN(c1ccc(F)c(Cl)c1)S(=O)(=O)c1ccccc1)c1ccc(OC)cc1. The van der Waals surface area contributed by atoms with E-state index in [4.69, 9.17) is 16.3 Å². The number of hydrogen-bond acceptors (Lipinski definition) is 4. The van der Waals surface area contributed by atoms with Gasteiger partial charge < -0.3 is 10.1 Å². The first-order valence-corrected chi connectivity index (χ1v) is 12.0. The molecule has 0 aliphatic heterocycles. The maximum absolute atomic E-state index is 13.7. The Morgan fingerprint density at radius 2 is 1.76 bits per heavy atom. The van der Waals surface area contributed by atoms with Crippen LogP contribution in [0.5, 0.6) is 5.75 Å². The molecule has 174 valence electrons. The average molecular weight is 491 g/mol. The number of carbonyl (C=O) groups excluding carboxylic acids is 1. The molecule has 3 rings (SSSR count). The second-order valence-corrected chi connectivity index (χ2v) is 9.49. The van der Waals surface area contributed by atoms with Crippen LogP contribution in [0.15, 0.2) is 77.7 Å². The van der Waals surface area contributed by atoms with Crippen LogP contribution in [0.1, 0.15) is 24.9 Å². The molecular formula is C24H24ClFN2O4S. The van der Waals surface area contributed by atoms with Crippen molar-refractivity contribution in [3.05, 3.63) is 89.2 Å². The first kappa shape index (κ1) is 24.5. The highest BCUT2D eigenvalue weighted by Crippen LogP contribution is 2.28. The normalized spacial score (nSPS) is 12.1. The van der Waals surface area contributed by atoms with Crippen molar-refractivity contribution in [3.63, 3.8) is 0 Å². The van der Waals surface area contributed by atoms with Crippen molar-refractivity contribution in [2.75, 3.05) is 18.0 Å². The summed E-state index contributed by atoms with van der Waals surface area (Å²) in [7, 11) is -2.55. The molecule has 0 spiro atoms. The summed E-state index contributed by atoms with van der Waals surface area (Å²) in [4.78, 5) is 13.0. The number of ether oxygens (including phenoxy) is 1. The van der Waals surface area contributed by atoms with Crippen LogP contribution in [0.3, 0.4) is 0 Å². The number of rotatable bonds is 9. The Morgan fingerprint density at radius 1 is 1.09 bits per heavy atom. The number of anilines is 1. The van der Waals surface area contributed by atoms with Gasteiger partial charge in [-0.25, -0.2) is 12.8 Å². The van der Waals surface area contributed by atoms with Gasteiger partial charge in [0.2, 0.25) is 5.91 Å². The third-order valence-corrected chi connectivity index (χ3v) is 7.15. The molecule has 0 bridgehead atoms. The van der Waals surface area contributed by atoms with Gasteiger partial charge in [0.05, 0.1) is 28.8 Å². The zero-order valence-corrected chi connectivity index (χ0v) is 19.7. The number of nitrogens with one attached hydrogen (secondary N) is 1. The Bertz CT molecular complexity index is 1200. The maximum atomic E-state index is 13.7. The highest BCUT2D eigenvalue weighted by atomic mass is 35.5. The summed E-state index contributed by atoms with van der Waals surface area (Å²) < 4.78 is 46.5. The number of carbonyl (C=O) groups is 1. The van der Waals surface area contributed by atoms with E-state index in [1.807, 2.05) is 19.1 Å². The van der Waals surface area contributed by atoms with Crippen LogP contribution < -0.4 is 14.4 Å². The van der Waals surface area contributed by atoms with Gasteiger partial charge in [-0.15, -0.1) is 0 Å². The molecule has 0 saturated heterocycles. The van der Waals surface area contributed by atoms with E-state index in [0.29, 0.717) is 12.2 Å². The molecule has 1 amide bonds. The minimum Gasteiger partial charge on any atom is -0.497 e. The van der Waals surface area contributed by atoms with Gasteiger partial charge in [0.15, 0.2) is 0 Å². The highest BCUT2D eigenvalue weighted by molar-refractivity contribution is 7.92. The molecule has 0 radical (unpaired) electrons. The summed E-state index contributed by atoms with van der Waals surface area (Å²) in [6.07, 6.45) is 0.589. The van der Waals surface area contributed by atoms with Crippen molar-refractivity contribution in [3.8, 4) is 5.75 Å². The molecule has 0 aliphatic carbocycles. The number of methoxy groups -OCH3 is 1. The molecule has 0 heterocycles. The molecule has 0 aliphatic rings. The van der Waals surface area contributed by atoms with E-state index >= 15 is 0 Å². The molecule has 1 N–H and O–H groups in total. The number of hydrogen-bond donors (Lipinski definition) is 1. The molecule has 0 aromatic heterocycles. The van der Waals surface area contributed by atoms with Gasteiger partial charge in [0.25, 0.3) is 10.0 Å². The Balaban J connectivity index is 1.90. The quantitative estimate of drug-likeness (QED) is 0.460. The van der Waals surface area contributed by atoms with Crippen LogP contribution in [0, 0.1) is 5.82 Å². The summed E-state index contributed by atoms with van der Waals surface area (Å²) in [5.74, 6) is -0.515. The lowest BCUT2D eigenvalue weighted by Gasteiger charge is -2.26. The minimum atomic E-state index is -4.12. The first-order valence-electron chi connectivity index (χ1n) is 10.2. The number of nitrogens with zero attached hydrogens (tertiary/aromatic N) is 1. The van der Waals surface area contributed by atoms with Crippen molar-refractivity contribution in [1.82, 2.24) is 5.32 Å². The molecule has 3 aromatic rings. The van der Waals surface area contributed by atoms with Crippen molar-refractivity contribution >= 4 is 33.2 Å². The zero-order chi connectivity index (χ0) is 24.0. The van der Waals surface area contributed by atoms with Crippen LogP contribution in [0.2, 0.25) is 5.02 Å². The summed E-state index contributed by atoms with van der Waals surface area (Å²) in [5, 5.41) is 2.63. The molecule has 0 fully saturated rings. The predicted molar refractivity (Wildman–Crippen MR) is 127 cm³/mol. The lowest BCUT2D eigenvalue weighted by Crippen LogP contribution is -2.42. The summed E-state index contributed by atoms with van der Waals surface area (Å²) in [6, 6.07) is 18.2. The summed E-state index contributed by atoms with van der Waals surface area (Å²) in [5.41, 5.74) is 0.937. The minimum absolute atomic E-state index is 0.000411. The topological polar surface area (TPSA) is 75.7 Å². The Morgan fingerprint density at radius 3 is 2.33 bits per heavy atom. The molecular weight excluding hydrogens is 467 g/mol. The second kappa shape index (κ2) is 10.7. The van der Waals surface area contributed by atoms with Crippen LogP contribution in [-0.4, -0.2) is 28.0 Å². The number of amides is 1. The fraction of sp³-hybridized carbons (Fsp3) is 0.208. The molecule has 9 heteroatoms. The van der Waals surface area contributed by atoms with Crippen LogP contribution >= 0.6 is 11.6 Å². The van der Waals surface area contributed by atoms with Gasteiger partial charge in [-0.1, -0.05) is 48.9 Å². The van der Waals surface area contributed by atoms with Crippen molar-refractivity contribution in [2.24, 2.45) is 0 Å².